The third-order valence-electron chi connectivity index (χ3n) is 3.67. The number of rotatable bonds is 7. The van der Waals surface area contributed by atoms with Crippen molar-refractivity contribution in [3.8, 4) is 0 Å². The Morgan fingerprint density at radius 2 is 2.09 bits per heavy atom. The number of hydrogen-bond donors (Lipinski definition) is 2. The van der Waals surface area contributed by atoms with Crippen LogP contribution in [0.2, 0.25) is 0 Å². The van der Waals surface area contributed by atoms with E-state index in [1.807, 2.05) is 25.4 Å². The second-order valence-electron chi connectivity index (χ2n) is 5.32. The molecule has 1 aromatic carbocycles. The van der Waals surface area contributed by atoms with Crippen LogP contribution in [0.3, 0.4) is 0 Å². The lowest BCUT2D eigenvalue weighted by atomic mass is 10.2. The van der Waals surface area contributed by atoms with Crippen molar-refractivity contribution in [2.75, 3.05) is 13.6 Å². The Bertz CT molecular complexity index is 635. The number of aromatic nitrogens is 2. The molecule has 0 amide bonds. The zero-order valence-corrected chi connectivity index (χ0v) is 13.7. The van der Waals surface area contributed by atoms with Gasteiger partial charge < -0.3 is 15.2 Å². The number of hydrogen-bond acceptors (Lipinski definition) is 2. The number of halogens is 1. The van der Waals surface area contributed by atoms with Gasteiger partial charge in [-0.05, 0) is 25.8 Å². The first-order valence-electron chi connectivity index (χ1n) is 7.86. The Balaban J connectivity index is 1.65. The van der Waals surface area contributed by atoms with Crippen LogP contribution >= 0.6 is 0 Å². The van der Waals surface area contributed by atoms with Crippen molar-refractivity contribution in [3.63, 3.8) is 0 Å². The van der Waals surface area contributed by atoms with Crippen LogP contribution in [-0.2, 0) is 13.1 Å². The van der Waals surface area contributed by atoms with Crippen molar-refractivity contribution in [2.45, 2.75) is 32.9 Å². The number of benzene rings is 1. The fourth-order valence-electron chi connectivity index (χ4n) is 2.30. The quantitative estimate of drug-likeness (QED) is 0.469. The molecule has 0 aliphatic carbocycles. The number of unbranched alkanes of at least 4 members (excludes halogenated alkanes) is 1. The summed E-state index contributed by atoms with van der Waals surface area (Å²) in [6, 6.07) is 6.75. The maximum atomic E-state index is 13.6. The minimum absolute atomic E-state index is 0.203. The number of nitrogens with zero attached hydrogens (tertiary/aromatic N) is 3. The first-order valence-corrected chi connectivity index (χ1v) is 7.86. The number of imidazole rings is 1. The SMILES string of the molecule is CN=C(NCCCCn1ccnc1C)NCc1ccccc1F. The molecule has 1 aromatic heterocycles. The van der Waals surface area contributed by atoms with E-state index < -0.39 is 0 Å². The Morgan fingerprint density at radius 1 is 1.26 bits per heavy atom. The number of aryl methyl sites for hydroxylation is 2. The van der Waals surface area contributed by atoms with E-state index in [0.29, 0.717) is 18.1 Å². The molecule has 2 N–H and O–H groups in total. The van der Waals surface area contributed by atoms with Gasteiger partial charge in [-0.25, -0.2) is 9.37 Å². The highest BCUT2D eigenvalue weighted by atomic mass is 19.1. The summed E-state index contributed by atoms with van der Waals surface area (Å²) in [5.41, 5.74) is 0.631. The number of aliphatic imine (C=N–C) groups is 1. The van der Waals surface area contributed by atoms with Crippen LogP contribution in [0.25, 0.3) is 0 Å². The molecule has 0 radical (unpaired) electrons. The van der Waals surface area contributed by atoms with Crippen LogP contribution in [0.5, 0.6) is 0 Å². The van der Waals surface area contributed by atoms with Crippen molar-refractivity contribution < 1.29 is 4.39 Å². The standard InChI is InChI=1S/C17H24FN5/c1-14-20-10-12-23(14)11-6-5-9-21-17(19-2)22-13-15-7-3-4-8-16(15)18/h3-4,7-8,10,12H,5-6,9,11,13H2,1-2H3,(H2,19,21,22). The molecule has 0 saturated heterocycles. The van der Waals surface area contributed by atoms with E-state index in [2.05, 4.69) is 25.2 Å². The molecule has 0 aliphatic rings. The van der Waals surface area contributed by atoms with Gasteiger partial charge in [0.2, 0.25) is 0 Å². The Kier molecular flexibility index (Phi) is 6.59. The molecule has 0 unspecified atom stereocenters. The zero-order chi connectivity index (χ0) is 16.5. The average Bonchev–Trinajstić information content (AvgIpc) is 2.96. The van der Waals surface area contributed by atoms with E-state index in [1.54, 1.807) is 19.2 Å². The van der Waals surface area contributed by atoms with Crippen molar-refractivity contribution >= 4 is 5.96 Å². The molecule has 124 valence electrons. The lowest BCUT2D eigenvalue weighted by Gasteiger charge is -2.12. The van der Waals surface area contributed by atoms with Crippen molar-refractivity contribution in [1.29, 1.82) is 0 Å². The summed E-state index contributed by atoms with van der Waals surface area (Å²) in [7, 11) is 1.71. The van der Waals surface area contributed by atoms with Gasteiger partial charge in [-0.15, -0.1) is 0 Å². The van der Waals surface area contributed by atoms with Gasteiger partial charge in [0, 0.05) is 44.6 Å². The van der Waals surface area contributed by atoms with E-state index >= 15 is 0 Å². The van der Waals surface area contributed by atoms with E-state index in [-0.39, 0.29) is 5.82 Å². The van der Waals surface area contributed by atoms with Gasteiger partial charge in [0.25, 0.3) is 0 Å². The molecule has 1 heterocycles. The Morgan fingerprint density at radius 3 is 2.78 bits per heavy atom. The van der Waals surface area contributed by atoms with E-state index in [1.165, 1.54) is 6.07 Å². The summed E-state index contributed by atoms with van der Waals surface area (Å²) in [5, 5.41) is 6.37. The Labute approximate surface area is 136 Å². The fraction of sp³-hybridized carbons (Fsp3) is 0.412. The van der Waals surface area contributed by atoms with Gasteiger partial charge >= 0.3 is 0 Å². The summed E-state index contributed by atoms with van der Waals surface area (Å²) < 4.78 is 15.7. The molecule has 0 saturated carbocycles. The largest absolute Gasteiger partial charge is 0.356 e. The molecular weight excluding hydrogens is 293 g/mol. The van der Waals surface area contributed by atoms with Crippen LogP contribution in [-0.4, -0.2) is 29.1 Å². The van der Waals surface area contributed by atoms with Crippen LogP contribution in [0.4, 0.5) is 4.39 Å². The third kappa shape index (κ3) is 5.39. The second-order valence-corrected chi connectivity index (χ2v) is 5.32. The van der Waals surface area contributed by atoms with Gasteiger partial charge in [-0.2, -0.15) is 0 Å². The molecule has 0 atom stereocenters. The van der Waals surface area contributed by atoms with E-state index in [9.17, 15) is 4.39 Å². The minimum atomic E-state index is -0.203. The summed E-state index contributed by atoms with van der Waals surface area (Å²) in [6.07, 6.45) is 5.91. The van der Waals surface area contributed by atoms with Crippen LogP contribution < -0.4 is 10.6 Å². The second kappa shape index (κ2) is 8.92. The van der Waals surface area contributed by atoms with Gasteiger partial charge in [0.05, 0.1) is 0 Å². The van der Waals surface area contributed by atoms with Crippen LogP contribution in [0.15, 0.2) is 41.7 Å². The highest BCUT2D eigenvalue weighted by Crippen LogP contribution is 2.05. The third-order valence-corrected chi connectivity index (χ3v) is 3.67. The van der Waals surface area contributed by atoms with Gasteiger partial charge in [-0.3, -0.25) is 4.99 Å². The van der Waals surface area contributed by atoms with Gasteiger partial charge in [0.1, 0.15) is 11.6 Å². The lowest BCUT2D eigenvalue weighted by molar-refractivity contribution is 0.586. The van der Waals surface area contributed by atoms with E-state index in [4.69, 9.17) is 0 Å². The van der Waals surface area contributed by atoms with Crippen molar-refractivity contribution in [1.82, 2.24) is 20.2 Å². The summed E-state index contributed by atoms with van der Waals surface area (Å²) >= 11 is 0. The monoisotopic (exact) mass is 317 g/mol. The summed E-state index contributed by atoms with van der Waals surface area (Å²) in [6.45, 7) is 4.22. The highest BCUT2D eigenvalue weighted by molar-refractivity contribution is 5.79. The molecule has 2 aromatic rings. The molecular formula is C17H24FN5. The van der Waals surface area contributed by atoms with Crippen LogP contribution in [0, 0.1) is 12.7 Å². The normalized spacial score (nSPS) is 11.5. The fourth-order valence-corrected chi connectivity index (χ4v) is 2.30. The molecule has 0 spiro atoms. The predicted molar refractivity (Wildman–Crippen MR) is 90.8 cm³/mol. The molecule has 0 aliphatic heterocycles. The molecule has 6 heteroatoms. The molecule has 2 rings (SSSR count). The smallest absolute Gasteiger partial charge is 0.191 e. The number of guanidine groups is 1. The molecule has 0 fully saturated rings. The van der Waals surface area contributed by atoms with E-state index in [0.717, 1.165) is 31.8 Å². The van der Waals surface area contributed by atoms with Gasteiger partial charge in [-0.1, -0.05) is 18.2 Å². The van der Waals surface area contributed by atoms with Crippen molar-refractivity contribution in [3.05, 3.63) is 53.9 Å². The maximum Gasteiger partial charge on any atom is 0.191 e. The summed E-state index contributed by atoms with van der Waals surface area (Å²) in [5.74, 6) is 1.53. The van der Waals surface area contributed by atoms with Crippen molar-refractivity contribution in [2.24, 2.45) is 4.99 Å². The first-order chi connectivity index (χ1) is 11.2. The maximum absolute atomic E-state index is 13.6. The average molecular weight is 317 g/mol. The van der Waals surface area contributed by atoms with Gasteiger partial charge in [0.15, 0.2) is 5.96 Å². The topological polar surface area (TPSA) is 54.2 Å². The summed E-state index contributed by atoms with van der Waals surface area (Å²) in [4.78, 5) is 8.36. The predicted octanol–water partition coefficient (Wildman–Crippen LogP) is 2.48. The lowest BCUT2D eigenvalue weighted by Crippen LogP contribution is -2.37. The number of nitrogens with one attached hydrogen (secondary N) is 2. The molecule has 23 heavy (non-hydrogen) atoms. The molecule has 0 bridgehead atoms. The Hall–Kier alpha value is -2.37. The minimum Gasteiger partial charge on any atom is -0.356 e. The zero-order valence-electron chi connectivity index (χ0n) is 13.7. The van der Waals surface area contributed by atoms with Crippen LogP contribution in [0.1, 0.15) is 24.2 Å². The highest BCUT2D eigenvalue weighted by Gasteiger charge is 2.02. The molecule has 5 nitrogen and oxygen atoms in total. The first kappa shape index (κ1) is 17.0.